The molecule has 0 radical (unpaired) electrons. The Hall–Kier alpha value is -0.940. The average Bonchev–Trinajstić information content (AvgIpc) is 3.13. The number of hydrogen-bond donors (Lipinski definition) is 3. The summed E-state index contributed by atoms with van der Waals surface area (Å²) in [5.41, 5.74) is 1.37. The Morgan fingerprint density at radius 2 is 2.00 bits per heavy atom. The van der Waals surface area contributed by atoms with E-state index < -0.39 is 12.1 Å². The van der Waals surface area contributed by atoms with Crippen LogP contribution in [0, 0.1) is 23.7 Å². The Bertz CT molecular complexity index is 550. The number of fused-ring (bicyclic) bond motifs is 1. The summed E-state index contributed by atoms with van der Waals surface area (Å²) < 4.78 is 0. The molecule has 4 nitrogen and oxygen atoms in total. The molecular formula is C21H32O4S. The minimum Gasteiger partial charge on any atom is -0.512 e. The molecule has 0 saturated heterocycles. The molecule has 0 bridgehead atoms. The van der Waals surface area contributed by atoms with Crippen LogP contribution in [-0.2, 0) is 4.79 Å². The van der Waals surface area contributed by atoms with Crippen molar-refractivity contribution < 1.29 is 20.1 Å². The molecular weight excluding hydrogens is 348 g/mol. The summed E-state index contributed by atoms with van der Waals surface area (Å²) in [5, 5.41) is 29.8. The number of aliphatic carboxylic acids is 1. The molecule has 4 atom stereocenters. The van der Waals surface area contributed by atoms with Crippen LogP contribution in [0.25, 0.3) is 0 Å². The standard InChI is InChI=1S/C21H32O4S/c22-18(7-6-14-4-2-1-3-5-14)21-17-11-15(8-9-26-13-20(24)25)10-16(17)12-19(21)23/h7,10,14,16-17,19,21-23H,1-6,8-9,11-13H2,(H,24,25)/t16-,17-,19-,21+/m1/s1. The Balaban J connectivity index is 1.51. The van der Waals surface area contributed by atoms with Crippen molar-refractivity contribution in [3.63, 3.8) is 0 Å². The third-order valence-corrected chi connectivity index (χ3v) is 7.35. The monoisotopic (exact) mass is 380 g/mol. The quantitative estimate of drug-likeness (QED) is 0.327. The molecule has 3 N–H and O–H groups in total. The zero-order valence-electron chi connectivity index (χ0n) is 15.5. The fourth-order valence-corrected chi connectivity index (χ4v) is 5.83. The maximum atomic E-state index is 10.7. The van der Waals surface area contributed by atoms with Gasteiger partial charge in [0.2, 0.25) is 0 Å². The summed E-state index contributed by atoms with van der Waals surface area (Å²) in [7, 11) is 0. The van der Waals surface area contributed by atoms with Gasteiger partial charge in [-0.1, -0.05) is 43.8 Å². The Kier molecular flexibility index (Phi) is 7.10. The number of carboxylic acid groups (broad SMARTS) is 1. The highest BCUT2D eigenvalue weighted by Gasteiger charge is 2.46. The average molecular weight is 381 g/mol. The van der Waals surface area contributed by atoms with E-state index in [1.165, 1.54) is 49.4 Å². The molecule has 3 rings (SSSR count). The van der Waals surface area contributed by atoms with Crippen molar-refractivity contribution in [1.29, 1.82) is 0 Å². The van der Waals surface area contributed by atoms with Crippen LogP contribution >= 0.6 is 11.8 Å². The number of carbonyl (C=O) groups is 1. The second-order valence-electron chi connectivity index (χ2n) is 8.25. The normalized spacial score (nSPS) is 32.5. The third kappa shape index (κ3) is 5.07. The zero-order valence-corrected chi connectivity index (χ0v) is 16.3. The highest BCUT2D eigenvalue weighted by Crippen LogP contribution is 2.49. The van der Waals surface area contributed by atoms with Gasteiger partial charge in [-0.15, -0.1) is 11.8 Å². The van der Waals surface area contributed by atoms with Gasteiger partial charge in [-0.3, -0.25) is 4.79 Å². The number of rotatable bonds is 8. The molecule has 0 aromatic carbocycles. The van der Waals surface area contributed by atoms with Gasteiger partial charge in [0.05, 0.1) is 17.6 Å². The molecule has 0 unspecified atom stereocenters. The van der Waals surface area contributed by atoms with Gasteiger partial charge in [-0.05, 0) is 55.3 Å². The number of allylic oxidation sites excluding steroid dienone is 3. The molecule has 2 saturated carbocycles. The van der Waals surface area contributed by atoms with E-state index in [9.17, 15) is 15.0 Å². The van der Waals surface area contributed by atoms with Crippen LogP contribution in [0.15, 0.2) is 23.5 Å². The molecule has 5 heteroatoms. The first-order valence-corrected chi connectivity index (χ1v) is 11.3. The number of aliphatic hydroxyl groups is 2. The minimum atomic E-state index is -0.761. The van der Waals surface area contributed by atoms with Gasteiger partial charge < -0.3 is 15.3 Å². The van der Waals surface area contributed by atoms with Gasteiger partial charge in [0.1, 0.15) is 0 Å². The van der Waals surface area contributed by atoms with E-state index in [4.69, 9.17) is 5.11 Å². The van der Waals surface area contributed by atoms with Gasteiger partial charge in [0.25, 0.3) is 0 Å². The fraction of sp³-hybridized carbons (Fsp3) is 0.762. The molecule has 0 aromatic rings. The molecule has 0 aliphatic heterocycles. The first kappa shape index (κ1) is 19.8. The molecule has 2 fully saturated rings. The lowest BCUT2D eigenvalue weighted by atomic mass is 9.84. The summed E-state index contributed by atoms with van der Waals surface area (Å²) in [6.07, 6.45) is 13.9. The van der Waals surface area contributed by atoms with Crippen molar-refractivity contribution in [2.24, 2.45) is 23.7 Å². The second kappa shape index (κ2) is 9.32. The zero-order chi connectivity index (χ0) is 18.5. The molecule has 0 aromatic heterocycles. The number of hydrogen-bond acceptors (Lipinski definition) is 4. The van der Waals surface area contributed by atoms with Crippen LogP contribution in [0.4, 0.5) is 0 Å². The number of aliphatic hydroxyl groups excluding tert-OH is 2. The SMILES string of the molecule is O=C(O)CSCCC1=C[C@@H]2C[C@@H](O)[C@H](C(O)=CCC3CCCCC3)[C@@H]2C1. The fourth-order valence-electron chi connectivity index (χ4n) is 5.11. The lowest BCUT2D eigenvalue weighted by Crippen LogP contribution is -2.22. The van der Waals surface area contributed by atoms with Gasteiger partial charge >= 0.3 is 5.97 Å². The summed E-state index contributed by atoms with van der Waals surface area (Å²) >= 11 is 1.46. The Morgan fingerprint density at radius 1 is 1.23 bits per heavy atom. The smallest absolute Gasteiger partial charge is 0.313 e. The number of thioether (sulfide) groups is 1. The molecule has 0 heterocycles. The van der Waals surface area contributed by atoms with Crippen LogP contribution in [-0.4, -0.2) is 38.9 Å². The van der Waals surface area contributed by atoms with E-state index in [0.29, 0.717) is 23.5 Å². The molecule has 0 amide bonds. The summed E-state index contributed by atoms with van der Waals surface area (Å²) in [4.78, 5) is 10.6. The highest BCUT2D eigenvalue weighted by molar-refractivity contribution is 7.99. The summed E-state index contributed by atoms with van der Waals surface area (Å²) in [6.45, 7) is 0. The van der Waals surface area contributed by atoms with Crippen LogP contribution in [0.2, 0.25) is 0 Å². The van der Waals surface area contributed by atoms with Gasteiger partial charge in [-0.2, -0.15) is 0 Å². The molecule has 0 spiro atoms. The second-order valence-corrected chi connectivity index (χ2v) is 9.36. The highest BCUT2D eigenvalue weighted by atomic mass is 32.2. The Morgan fingerprint density at radius 3 is 2.73 bits per heavy atom. The first-order chi connectivity index (χ1) is 12.5. The van der Waals surface area contributed by atoms with Gasteiger partial charge in [-0.25, -0.2) is 0 Å². The maximum absolute atomic E-state index is 10.7. The predicted molar refractivity (Wildman–Crippen MR) is 105 cm³/mol. The van der Waals surface area contributed by atoms with Crippen LogP contribution in [0.1, 0.15) is 57.8 Å². The van der Waals surface area contributed by atoms with Crippen molar-refractivity contribution in [2.75, 3.05) is 11.5 Å². The van der Waals surface area contributed by atoms with E-state index in [2.05, 4.69) is 6.08 Å². The maximum Gasteiger partial charge on any atom is 0.313 e. The predicted octanol–water partition coefficient (Wildman–Crippen LogP) is 4.55. The van der Waals surface area contributed by atoms with E-state index in [1.54, 1.807) is 0 Å². The largest absolute Gasteiger partial charge is 0.512 e. The molecule has 26 heavy (non-hydrogen) atoms. The first-order valence-electron chi connectivity index (χ1n) is 10.1. The lowest BCUT2D eigenvalue weighted by molar-refractivity contribution is -0.133. The van der Waals surface area contributed by atoms with Crippen LogP contribution < -0.4 is 0 Å². The van der Waals surface area contributed by atoms with Gasteiger partial charge in [0, 0.05) is 5.92 Å². The van der Waals surface area contributed by atoms with Crippen molar-refractivity contribution in [1.82, 2.24) is 0 Å². The molecule has 146 valence electrons. The molecule has 3 aliphatic rings. The van der Waals surface area contributed by atoms with E-state index in [-0.39, 0.29) is 11.7 Å². The van der Waals surface area contributed by atoms with Crippen molar-refractivity contribution in [3.05, 3.63) is 23.5 Å². The van der Waals surface area contributed by atoms with Crippen molar-refractivity contribution >= 4 is 17.7 Å². The van der Waals surface area contributed by atoms with Crippen LogP contribution in [0.5, 0.6) is 0 Å². The summed E-state index contributed by atoms with van der Waals surface area (Å²) in [5.74, 6) is 1.88. The summed E-state index contributed by atoms with van der Waals surface area (Å²) in [6, 6.07) is 0. The van der Waals surface area contributed by atoms with Crippen LogP contribution in [0.3, 0.4) is 0 Å². The Labute approximate surface area is 160 Å². The van der Waals surface area contributed by atoms with E-state index in [1.807, 2.05) is 6.08 Å². The lowest BCUT2D eigenvalue weighted by Gasteiger charge is -2.23. The van der Waals surface area contributed by atoms with E-state index >= 15 is 0 Å². The third-order valence-electron chi connectivity index (χ3n) is 6.41. The minimum absolute atomic E-state index is 0.121. The van der Waals surface area contributed by atoms with Crippen molar-refractivity contribution in [2.45, 2.75) is 63.9 Å². The number of carboxylic acids is 1. The van der Waals surface area contributed by atoms with Gasteiger partial charge in [0.15, 0.2) is 0 Å². The topological polar surface area (TPSA) is 77.8 Å². The molecule has 3 aliphatic carbocycles. The van der Waals surface area contributed by atoms with E-state index in [0.717, 1.165) is 31.4 Å². The van der Waals surface area contributed by atoms with Crippen molar-refractivity contribution in [3.8, 4) is 0 Å².